The molecule has 3 heterocycles. The van der Waals surface area contributed by atoms with Gasteiger partial charge in [0.2, 0.25) is 5.89 Å². The number of aliphatic hydroxyl groups excluding tert-OH is 1. The van der Waals surface area contributed by atoms with E-state index in [1.165, 1.54) is 18.6 Å². The minimum atomic E-state index is -0.327. The van der Waals surface area contributed by atoms with E-state index >= 15 is 0 Å². The first-order valence-corrected chi connectivity index (χ1v) is 8.26. The Kier molecular flexibility index (Phi) is 3.63. The van der Waals surface area contributed by atoms with Gasteiger partial charge in [0.1, 0.15) is 0 Å². The van der Waals surface area contributed by atoms with E-state index in [0.717, 1.165) is 23.8 Å². The van der Waals surface area contributed by atoms with E-state index in [0.29, 0.717) is 11.1 Å². The molecule has 6 heteroatoms. The minimum Gasteiger partial charge on any atom is -0.391 e. The van der Waals surface area contributed by atoms with Crippen molar-refractivity contribution in [2.45, 2.75) is 36.5 Å². The molecule has 3 unspecified atom stereocenters. The predicted octanol–water partition coefficient (Wildman–Crippen LogP) is 2.22. The Morgan fingerprint density at radius 1 is 1.29 bits per heavy atom. The molecule has 1 aromatic rings. The van der Waals surface area contributed by atoms with E-state index in [-0.39, 0.29) is 12.0 Å². The Bertz CT molecular complexity index is 379. The lowest BCUT2D eigenvalue weighted by Crippen LogP contribution is -2.16. The van der Waals surface area contributed by atoms with Crippen molar-refractivity contribution in [1.29, 1.82) is 0 Å². The highest BCUT2D eigenvalue weighted by Gasteiger charge is 2.33. The van der Waals surface area contributed by atoms with Crippen molar-refractivity contribution < 1.29 is 9.63 Å². The molecule has 4 nitrogen and oxygen atoms in total. The monoisotopic (exact) mass is 272 g/mol. The second-order valence-electron chi connectivity index (χ2n) is 4.56. The topological polar surface area (TPSA) is 59.2 Å². The molecule has 2 aliphatic rings. The van der Waals surface area contributed by atoms with Crippen molar-refractivity contribution >= 4 is 23.5 Å². The van der Waals surface area contributed by atoms with Gasteiger partial charge in [-0.2, -0.15) is 28.5 Å². The summed E-state index contributed by atoms with van der Waals surface area (Å²) in [5.41, 5.74) is 0. The summed E-state index contributed by atoms with van der Waals surface area (Å²) in [6.07, 6.45) is 3.37. The molecule has 0 amide bonds. The quantitative estimate of drug-likeness (QED) is 0.891. The van der Waals surface area contributed by atoms with Crippen LogP contribution in [0.3, 0.4) is 0 Å². The second-order valence-corrected chi connectivity index (χ2v) is 6.94. The highest BCUT2D eigenvalue weighted by Crippen LogP contribution is 2.38. The lowest BCUT2D eigenvalue weighted by atomic mass is 10.1. The average molecular weight is 272 g/mol. The summed E-state index contributed by atoms with van der Waals surface area (Å²) in [7, 11) is 0. The molecule has 2 fully saturated rings. The number of nitrogens with zero attached hydrogens (tertiary/aromatic N) is 2. The van der Waals surface area contributed by atoms with Crippen molar-refractivity contribution in [1.82, 2.24) is 10.1 Å². The molecular weight excluding hydrogens is 256 g/mol. The summed E-state index contributed by atoms with van der Waals surface area (Å²) >= 11 is 3.67. The van der Waals surface area contributed by atoms with E-state index in [1.807, 2.05) is 11.8 Å². The molecule has 0 aliphatic carbocycles. The Morgan fingerprint density at radius 3 is 2.94 bits per heavy atom. The highest BCUT2D eigenvalue weighted by atomic mass is 32.2. The van der Waals surface area contributed by atoms with Crippen LogP contribution in [-0.2, 0) is 0 Å². The van der Waals surface area contributed by atoms with Gasteiger partial charge in [0, 0.05) is 11.5 Å². The first kappa shape index (κ1) is 11.9. The van der Waals surface area contributed by atoms with Crippen LogP contribution in [0, 0.1) is 0 Å². The Morgan fingerprint density at radius 2 is 2.24 bits per heavy atom. The van der Waals surface area contributed by atoms with Crippen molar-refractivity contribution in [3.8, 4) is 0 Å². The highest BCUT2D eigenvalue weighted by molar-refractivity contribution is 7.99. The first-order valence-electron chi connectivity index (χ1n) is 6.05. The molecule has 1 N–H and O–H groups in total. The molecule has 0 bridgehead atoms. The van der Waals surface area contributed by atoms with Crippen molar-refractivity contribution in [2.75, 3.05) is 17.3 Å². The molecule has 0 aromatic carbocycles. The number of thioether (sulfide) groups is 2. The maximum atomic E-state index is 9.81. The minimum absolute atomic E-state index is 0.0369. The van der Waals surface area contributed by atoms with E-state index in [9.17, 15) is 5.11 Å². The third kappa shape index (κ3) is 2.48. The van der Waals surface area contributed by atoms with E-state index in [2.05, 4.69) is 10.1 Å². The van der Waals surface area contributed by atoms with E-state index < -0.39 is 0 Å². The zero-order chi connectivity index (χ0) is 11.7. The van der Waals surface area contributed by atoms with Gasteiger partial charge in [0.25, 0.3) is 0 Å². The van der Waals surface area contributed by atoms with Gasteiger partial charge in [0.15, 0.2) is 5.82 Å². The molecule has 0 radical (unpaired) electrons. The number of aliphatic hydroxyl groups is 1. The van der Waals surface area contributed by atoms with Crippen LogP contribution in [0.5, 0.6) is 0 Å². The first-order chi connectivity index (χ1) is 8.34. The smallest absolute Gasteiger partial charge is 0.233 e. The molecule has 17 heavy (non-hydrogen) atoms. The number of aromatic nitrogens is 2. The van der Waals surface area contributed by atoms with Gasteiger partial charge in [0.05, 0.1) is 17.3 Å². The average Bonchev–Trinajstić information content (AvgIpc) is 2.98. The molecule has 94 valence electrons. The zero-order valence-electron chi connectivity index (χ0n) is 9.54. The Hall–Kier alpha value is -0.200. The molecule has 0 saturated carbocycles. The Labute approximate surface area is 109 Å². The van der Waals surface area contributed by atoms with Crippen LogP contribution in [0.1, 0.15) is 42.1 Å². The maximum Gasteiger partial charge on any atom is 0.233 e. The van der Waals surface area contributed by atoms with Gasteiger partial charge in [-0.3, -0.25) is 0 Å². The van der Waals surface area contributed by atoms with Crippen molar-refractivity contribution in [3.63, 3.8) is 0 Å². The van der Waals surface area contributed by atoms with Gasteiger partial charge in [-0.25, -0.2) is 0 Å². The van der Waals surface area contributed by atoms with E-state index in [1.54, 1.807) is 11.8 Å². The normalized spacial score (nSPS) is 34.1. The predicted molar refractivity (Wildman–Crippen MR) is 69.4 cm³/mol. The van der Waals surface area contributed by atoms with Gasteiger partial charge in [-0.1, -0.05) is 11.6 Å². The van der Waals surface area contributed by atoms with Crippen LogP contribution < -0.4 is 0 Å². The van der Waals surface area contributed by atoms with Crippen molar-refractivity contribution in [2.24, 2.45) is 0 Å². The molecule has 3 atom stereocenters. The molecule has 2 saturated heterocycles. The van der Waals surface area contributed by atoms with Crippen LogP contribution in [0.2, 0.25) is 0 Å². The number of hydrogen-bond acceptors (Lipinski definition) is 6. The SMILES string of the molecule is OC1CSCC1c1nc(C2CCCCS2)no1. The van der Waals surface area contributed by atoms with Gasteiger partial charge >= 0.3 is 0 Å². The zero-order valence-corrected chi connectivity index (χ0v) is 11.2. The second kappa shape index (κ2) is 5.20. The molecule has 1 aromatic heterocycles. The summed E-state index contributed by atoms with van der Waals surface area (Å²) in [4.78, 5) is 4.49. The number of hydrogen-bond donors (Lipinski definition) is 1. The van der Waals surface area contributed by atoms with Crippen LogP contribution in [0.25, 0.3) is 0 Å². The van der Waals surface area contributed by atoms with Gasteiger partial charge < -0.3 is 9.63 Å². The number of rotatable bonds is 2. The van der Waals surface area contributed by atoms with Crippen LogP contribution >= 0.6 is 23.5 Å². The lowest BCUT2D eigenvalue weighted by molar-refractivity contribution is 0.164. The van der Waals surface area contributed by atoms with Crippen LogP contribution in [0.15, 0.2) is 4.52 Å². The third-order valence-corrected chi connectivity index (χ3v) is 5.84. The van der Waals surface area contributed by atoms with E-state index in [4.69, 9.17) is 4.52 Å². The van der Waals surface area contributed by atoms with Crippen LogP contribution in [0.4, 0.5) is 0 Å². The Balaban J connectivity index is 1.73. The fourth-order valence-electron chi connectivity index (χ4n) is 2.25. The summed E-state index contributed by atoms with van der Waals surface area (Å²) in [6.45, 7) is 0. The lowest BCUT2D eigenvalue weighted by Gasteiger charge is -2.17. The standard InChI is InChI=1S/C11H16N2O2S2/c14-8-6-16-5-7(8)11-12-10(13-15-11)9-3-1-2-4-17-9/h7-9,14H,1-6H2. The fraction of sp³-hybridized carbons (Fsp3) is 0.818. The maximum absolute atomic E-state index is 9.81. The van der Waals surface area contributed by atoms with Gasteiger partial charge in [-0.05, 0) is 18.6 Å². The molecular formula is C11H16N2O2S2. The van der Waals surface area contributed by atoms with Crippen molar-refractivity contribution in [3.05, 3.63) is 11.7 Å². The molecule has 0 spiro atoms. The summed E-state index contributed by atoms with van der Waals surface area (Å²) in [5.74, 6) is 4.35. The summed E-state index contributed by atoms with van der Waals surface area (Å²) < 4.78 is 5.32. The molecule has 2 aliphatic heterocycles. The molecule has 3 rings (SSSR count). The largest absolute Gasteiger partial charge is 0.391 e. The third-order valence-electron chi connectivity index (χ3n) is 3.29. The summed E-state index contributed by atoms with van der Waals surface area (Å²) in [6, 6.07) is 0. The van der Waals surface area contributed by atoms with Crippen LogP contribution in [-0.4, -0.2) is 38.6 Å². The summed E-state index contributed by atoms with van der Waals surface area (Å²) in [5, 5.41) is 14.3. The fourth-order valence-corrected chi connectivity index (χ4v) is 4.71. The van der Waals surface area contributed by atoms with Gasteiger partial charge in [-0.15, -0.1) is 0 Å².